The summed E-state index contributed by atoms with van der Waals surface area (Å²) in [5.41, 5.74) is 3.57. The Kier molecular flexibility index (Phi) is 10.4. The number of aliphatic hydroxyl groups is 1. The second-order valence-electron chi connectivity index (χ2n) is 10.8. The van der Waals surface area contributed by atoms with Crippen molar-refractivity contribution in [3.8, 4) is 0 Å². The number of hydrogen-bond donors (Lipinski definition) is 1. The molecule has 0 bridgehead atoms. The normalized spacial score (nSPS) is 15.7. The third-order valence-corrected chi connectivity index (χ3v) is 9.96. The third kappa shape index (κ3) is 7.86. The molecule has 1 aliphatic rings. The molecule has 0 amide bonds. The fourth-order valence-corrected chi connectivity index (χ4v) is 7.25. The van der Waals surface area contributed by atoms with Crippen molar-refractivity contribution < 1.29 is 13.5 Å². The zero-order valence-corrected chi connectivity index (χ0v) is 25.2. The Hall–Kier alpha value is -3.04. The van der Waals surface area contributed by atoms with Crippen molar-refractivity contribution in [3.05, 3.63) is 137 Å². The van der Waals surface area contributed by atoms with Gasteiger partial charge in [0, 0.05) is 50.8 Å². The number of nitrogens with zero attached hydrogens (tertiary/aromatic N) is 3. The molecule has 0 unspecified atom stereocenters. The number of hydrogen-bond acceptors (Lipinski definition) is 5. The van der Waals surface area contributed by atoms with Crippen LogP contribution in [0.5, 0.6) is 0 Å². The highest BCUT2D eigenvalue weighted by molar-refractivity contribution is 7.89. The van der Waals surface area contributed by atoms with E-state index >= 15 is 0 Å². The number of halogens is 1. The van der Waals surface area contributed by atoms with Gasteiger partial charge in [0.1, 0.15) is 0 Å². The number of piperazine rings is 1. The van der Waals surface area contributed by atoms with Crippen molar-refractivity contribution in [3.63, 3.8) is 0 Å². The Morgan fingerprint density at radius 3 is 1.81 bits per heavy atom. The van der Waals surface area contributed by atoms with Crippen molar-refractivity contribution in [2.75, 3.05) is 45.8 Å². The van der Waals surface area contributed by atoms with Crippen LogP contribution in [0.1, 0.15) is 22.7 Å². The van der Waals surface area contributed by atoms with Crippen LogP contribution in [0.25, 0.3) is 0 Å². The van der Waals surface area contributed by atoms with Crippen molar-refractivity contribution in [1.29, 1.82) is 0 Å². The summed E-state index contributed by atoms with van der Waals surface area (Å²) >= 11 is 6.02. The highest BCUT2D eigenvalue weighted by Gasteiger charge is 2.30. The molecule has 0 aliphatic carbocycles. The van der Waals surface area contributed by atoms with E-state index in [2.05, 4.69) is 58.3 Å². The van der Waals surface area contributed by atoms with Gasteiger partial charge in [0.15, 0.2) is 0 Å². The van der Waals surface area contributed by atoms with Crippen LogP contribution in [0.3, 0.4) is 0 Å². The fourth-order valence-electron chi connectivity index (χ4n) is 5.64. The number of sulfonamides is 1. The van der Waals surface area contributed by atoms with E-state index < -0.39 is 16.1 Å². The summed E-state index contributed by atoms with van der Waals surface area (Å²) in [6.45, 7) is 3.99. The summed E-state index contributed by atoms with van der Waals surface area (Å²) in [5, 5.41) is 11.6. The monoisotopic (exact) mass is 603 g/mol. The Labute approximate surface area is 254 Å². The number of aliphatic hydroxyl groups excluding tert-OH is 1. The lowest BCUT2D eigenvalue weighted by molar-refractivity contribution is 0.0548. The summed E-state index contributed by atoms with van der Waals surface area (Å²) in [6, 6.07) is 37.3. The molecular formula is C34H38ClN3O3S. The zero-order valence-electron chi connectivity index (χ0n) is 23.7. The van der Waals surface area contributed by atoms with Gasteiger partial charge < -0.3 is 5.11 Å². The highest BCUT2D eigenvalue weighted by Crippen LogP contribution is 2.29. The molecule has 4 aromatic carbocycles. The summed E-state index contributed by atoms with van der Waals surface area (Å²) in [7, 11) is -3.82. The molecule has 0 aromatic heterocycles. The smallest absolute Gasteiger partial charge is 0.243 e. The second kappa shape index (κ2) is 14.4. The summed E-state index contributed by atoms with van der Waals surface area (Å²) in [6.07, 6.45) is -0.271. The van der Waals surface area contributed by atoms with Crippen molar-refractivity contribution in [2.45, 2.75) is 23.5 Å². The predicted octanol–water partition coefficient (Wildman–Crippen LogP) is 5.34. The van der Waals surface area contributed by atoms with Crippen LogP contribution < -0.4 is 0 Å². The molecule has 1 fully saturated rings. The first-order valence-corrected chi connectivity index (χ1v) is 16.3. The van der Waals surface area contributed by atoms with Gasteiger partial charge in [0.2, 0.25) is 10.0 Å². The van der Waals surface area contributed by atoms with Crippen LogP contribution in [0.4, 0.5) is 0 Å². The minimum Gasteiger partial charge on any atom is -0.390 e. The summed E-state index contributed by atoms with van der Waals surface area (Å²) in [4.78, 5) is 4.90. The predicted molar refractivity (Wildman–Crippen MR) is 169 cm³/mol. The lowest BCUT2D eigenvalue weighted by Gasteiger charge is -2.40. The average molecular weight is 604 g/mol. The van der Waals surface area contributed by atoms with E-state index in [-0.39, 0.29) is 24.0 Å². The lowest BCUT2D eigenvalue weighted by atomic mass is 9.96. The Morgan fingerprint density at radius 2 is 1.26 bits per heavy atom. The first kappa shape index (κ1) is 30.4. The van der Waals surface area contributed by atoms with Gasteiger partial charge in [0.05, 0.1) is 17.0 Å². The summed E-state index contributed by atoms with van der Waals surface area (Å²) < 4.78 is 28.7. The van der Waals surface area contributed by atoms with Gasteiger partial charge in [-0.2, -0.15) is 4.31 Å². The van der Waals surface area contributed by atoms with Crippen LogP contribution in [0.2, 0.25) is 5.02 Å². The maximum absolute atomic E-state index is 13.6. The molecule has 1 heterocycles. The van der Waals surface area contributed by atoms with Gasteiger partial charge in [-0.25, -0.2) is 8.42 Å². The quantitative estimate of drug-likeness (QED) is 0.237. The molecule has 4 aromatic rings. The molecular weight excluding hydrogens is 566 g/mol. The molecule has 0 spiro atoms. The first-order chi connectivity index (χ1) is 20.4. The lowest BCUT2D eigenvalue weighted by Crippen LogP contribution is -2.51. The van der Waals surface area contributed by atoms with Crippen LogP contribution in [0.15, 0.2) is 120 Å². The fraction of sp³-hybridized carbons (Fsp3) is 0.294. The van der Waals surface area contributed by atoms with E-state index in [1.54, 1.807) is 12.1 Å². The van der Waals surface area contributed by atoms with Crippen LogP contribution in [0, 0.1) is 0 Å². The SMILES string of the molecule is O=S(=O)(c1ccc(Cl)cc1)N(CCc1ccccc1)C[C@@H](O)CN1CCN(C(c2ccccc2)c2ccccc2)CC1. The van der Waals surface area contributed by atoms with Crippen molar-refractivity contribution in [1.82, 2.24) is 14.1 Å². The number of rotatable bonds is 12. The minimum atomic E-state index is -3.82. The maximum atomic E-state index is 13.6. The Morgan fingerprint density at radius 1 is 0.738 bits per heavy atom. The molecule has 1 aliphatic heterocycles. The minimum absolute atomic E-state index is 0.0225. The summed E-state index contributed by atoms with van der Waals surface area (Å²) in [5.74, 6) is 0. The largest absolute Gasteiger partial charge is 0.390 e. The van der Waals surface area contributed by atoms with Gasteiger partial charge in [0.25, 0.3) is 0 Å². The second-order valence-corrected chi connectivity index (χ2v) is 13.1. The van der Waals surface area contributed by atoms with Gasteiger partial charge in [-0.15, -0.1) is 0 Å². The molecule has 0 saturated carbocycles. The molecule has 1 atom stereocenters. The van der Waals surface area contributed by atoms with E-state index in [4.69, 9.17) is 11.6 Å². The third-order valence-electron chi connectivity index (χ3n) is 7.83. The molecule has 0 radical (unpaired) electrons. The van der Waals surface area contributed by atoms with Gasteiger partial charge >= 0.3 is 0 Å². The zero-order chi connectivity index (χ0) is 29.4. The van der Waals surface area contributed by atoms with Gasteiger partial charge in [-0.1, -0.05) is 103 Å². The van der Waals surface area contributed by atoms with Gasteiger partial charge in [-0.05, 0) is 47.4 Å². The van der Waals surface area contributed by atoms with E-state index in [0.29, 0.717) is 18.0 Å². The highest BCUT2D eigenvalue weighted by atomic mass is 35.5. The molecule has 220 valence electrons. The molecule has 6 nitrogen and oxygen atoms in total. The molecule has 5 rings (SSSR count). The first-order valence-electron chi connectivity index (χ1n) is 14.4. The Bertz CT molecular complexity index is 1440. The van der Waals surface area contributed by atoms with Crippen LogP contribution >= 0.6 is 11.6 Å². The maximum Gasteiger partial charge on any atom is 0.243 e. The van der Waals surface area contributed by atoms with Gasteiger partial charge in [-0.3, -0.25) is 9.80 Å². The standard InChI is InChI=1S/C34H38ClN3O3S/c35-31-16-18-33(19-17-31)42(40,41)38(21-20-28-10-4-1-5-11-28)27-32(39)26-36-22-24-37(25-23-36)34(29-12-6-2-7-13-29)30-14-8-3-9-15-30/h1-19,32,34,39H,20-27H2/t32-/m0/s1. The number of benzene rings is 4. The topological polar surface area (TPSA) is 64.1 Å². The van der Waals surface area contributed by atoms with Crippen molar-refractivity contribution in [2.24, 2.45) is 0 Å². The molecule has 42 heavy (non-hydrogen) atoms. The Balaban J connectivity index is 1.24. The molecule has 8 heteroatoms. The van der Waals surface area contributed by atoms with E-state index in [0.717, 1.165) is 31.7 Å². The van der Waals surface area contributed by atoms with E-state index in [9.17, 15) is 13.5 Å². The van der Waals surface area contributed by atoms with E-state index in [1.165, 1.54) is 27.6 Å². The van der Waals surface area contributed by atoms with Crippen LogP contribution in [-0.2, 0) is 16.4 Å². The van der Waals surface area contributed by atoms with E-state index in [1.807, 2.05) is 42.5 Å². The molecule has 1 N–H and O–H groups in total. The van der Waals surface area contributed by atoms with Crippen LogP contribution in [-0.4, -0.2) is 79.5 Å². The van der Waals surface area contributed by atoms with Crippen molar-refractivity contribution >= 4 is 21.6 Å². The number of β-amino-alcohol motifs (C(OH)–C–C–N with tert-alkyl or cyclic N) is 1. The molecule has 1 saturated heterocycles. The average Bonchev–Trinajstić information content (AvgIpc) is 3.02.